The molecule has 1 aliphatic rings. The molecule has 1 aromatic rings. The van der Waals surface area contributed by atoms with Crippen molar-refractivity contribution in [2.24, 2.45) is 7.05 Å². The van der Waals surface area contributed by atoms with Gasteiger partial charge in [-0.2, -0.15) is 0 Å². The Morgan fingerprint density at radius 1 is 1.64 bits per heavy atom. The number of ether oxygens (including phenoxy) is 1. The summed E-state index contributed by atoms with van der Waals surface area (Å²) in [6, 6.07) is 4.14. The van der Waals surface area contributed by atoms with Gasteiger partial charge in [-0.05, 0) is 25.1 Å². The van der Waals surface area contributed by atoms with E-state index >= 15 is 0 Å². The maximum atomic E-state index is 5.29. The number of hydrogen-bond donors (Lipinski definition) is 1. The Morgan fingerprint density at radius 3 is 3.07 bits per heavy atom. The van der Waals surface area contributed by atoms with Crippen molar-refractivity contribution in [1.82, 2.24) is 9.88 Å². The molecule has 1 N–H and O–H groups in total. The molecule has 76 valence electrons. The van der Waals surface area contributed by atoms with Crippen LogP contribution < -0.4 is 5.32 Å². The molecular formula is C11H16N2O. The van der Waals surface area contributed by atoms with Crippen LogP contribution in [0.1, 0.15) is 12.6 Å². The normalized spacial score (nSPS) is 27.6. The number of nitrogens with zero attached hydrogens (tertiary/aromatic N) is 1. The van der Waals surface area contributed by atoms with Crippen LogP contribution in [0.25, 0.3) is 6.08 Å². The molecule has 0 radical (unpaired) electrons. The zero-order chi connectivity index (χ0) is 10.0. The van der Waals surface area contributed by atoms with E-state index in [0.717, 1.165) is 6.61 Å². The van der Waals surface area contributed by atoms with Crippen LogP contribution in [0.15, 0.2) is 24.4 Å². The molecule has 1 aliphatic heterocycles. The third kappa shape index (κ3) is 1.89. The average Bonchev–Trinajstić information content (AvgIpc) is 2.73. The molecular weight excluding hydrogens is 176 g/mol. The zero-order valence-corrected chi connectivity index (χ0v) is 8.66. The number of nitrogens with one attached hydrogen (secondary N) is 1. The van der Waals surface area contributed by atoms with Gasteiger partial charge in [-0.1, -0.05) is 6.08 Å². The van der Waals surface area contributed by atoms with Gasteiger partial charge in [0.1, 0.15) is 0 Å². The fourth-order valence-electron chi connectivity index (χ4n) is 1.55. The maximum absolute atomic E-state index is 5.29. The van der Waals surface area contributed by atoms with E-state index in [-0.39, 0.29) is 5.54 Å². The van der Waals surface area contributed by atoms with Crippen LogP contribution in [0.2, 0.25) is 0 Å². The Bertz CT molecular complexity index is 335. The molecule has 0 amide bonds. The molecule has 3 heteroatoms. The van der Waals surface area contributed by atoms with E-state index in [1.807, 2.05) is 19.3 Å². The summed E-state index contributed by atoms with van der Waals surface area (Å²) >= 11 is 0. The Hall–Kier alpha value is -1.06. The summed E-state index contributed by atoms with van der Waals surface area (Å²) in [6.07, 6.45) is 6.33. The van der Waals surface area contributed by atoms with E-state index < -0.39 is 0 Å². The van der Waals surface area contributed by atoms with Crippen molar-refractivity contribution in [3.8, 4) is 0 Å². The summed E-state index contributed by atoms with van der Waals surface area (Å²) < 4.78 is 7.38. The third-order valence-electron chi connectivity index (χ3n) is 2.59. The molecule has 3 nitrogen and oxygen atoms in total. The number of rotatable bonds is 2. The molecule has 1 atom stereocenters. The van der Waals surface area contributed by atoms with Gasteiger partial charge in [0.15, 0.2) is 0 Å². The van der Waals surface area contributed by atoms with E-state index in [1.165, 1.54) is 5.69 Å². The molecule has 0 unspecified atom stereocenters. The highest BCUT2D eigenvalue weighted by Gasteiger charge is 2.25. The number of hydrogen-bond acceptors (Lipinski definition) is 2. The van der Waals surface area contributed by atoms with Gasteiger partial charge in [0.25, 0.3) is 0 Å². The summed E-state index contributed by atoms with van der Waals surface area (Å²) in [6.45, 7) is 3.53. The van der Waals surface area contributed by atoms with Gasteiger partial charge in [0.05, 0.1) is 18.9 Å². The van der Waals surface area contributed by atoms with Crippen LogP contribution in [-0.4, -0.2) is 23.4 Å². The average molecular weight is 192 g/mol. The van der Waals surface area contributed by atoms with Crippen molar-refractivity contribution >= 4 is 6.08 Å². The fraction of sp³-hybridized carbons (Fsp3) is 0.455. The van der Waals surface area contributed by atoms with Crippen molar-refractivity contribution in [2.75, 3.05) is 13.3 Å². The van der Waals surface area contributed by atoms with Gasteiger partial charge in [0, 0.05) is 18.9 Å². The summed E-state index contributed by atoms with van der Waals surface area (Å²) in [4.78, 5) is 0. The van der Waals surface area contributed by atoms with Gasteiger partial charge < -0.3 is 9.30 Å². The fourth-order valence-corrected chi connectivity index (χ4v) is 1.55. The predicted molar refractivity (Wildman–Crippen MR) is 56.8 cm³/mol. The Kier molecular flexibility index (Phi) is 2.44. The molecule has 0 bridgehead atoms. The highest BCUT2D eigenvalue weighted by Crippen LogP contribution is 2.14. The number of aryl methyl sites for hydroxylation is 1. The Labute approximate surface area is 84.4 Å². The summed E-state index contributed by atoms with van der Waals surface area (Å²) in [5.74, 6) is 0. The second-order valence-corrected chi connectivity index (χ2v) is 3.96. The third-order valence-corrected chi connectivity index (χ3v) is 2.59. The van der Waals surface area contributed by atoms with Crippen molar-refractivity contribution in [3.63, 3.8) is 0 Å². The Balaban J connectivity index is 2.10. The summed E-state index contributed by atoms with van der Waals surface area (Å²) in [7, 11) is 2.04. The summed E-state index contributed by atoms with van der Waals surface area (Å²) in [5, 5.41) is 3.30. The molecule has 0 aromatic carbocycles. The molecule has 14 heavy (non-hydrogen) atoms. The van der Waals surface area contributed by atoms with Crippen LogP contribution in [0.3, 0.4) is 0 Å². The smallest absolute Gasteiger partial charge is 0.0973 e. The molecule has 2 rings (SSSR count). The summed E-state index contributed by atoms with van der Waals surface area (Å²) in [5.41, 5.74) is 1.20. The van der Waals surface area contributed by atoms with Crippen LogP contribution in [-0.2, 0) is 11.8 Å². The quantitative estimate of drug-likeness (QED) is 0.766. The van der Waals surface area contributed by atoms with Gasteiger partial charge in [-0.25, -0.2) is 0 Å². The predicted octanol–water partition coefficient (Wildman–Crippen LogP) is 1.37. The molecule has 1 fully saturated rings. The lowest BCUT2D eigenvalue weighted by atomic mass is 10.0. The van der Waals surface area contributed by atoms with E-state index in [4.69, 9.17) is 4.74 Å². The molecule has 2 heterocycles. The molecule has 0 saturated carbocycles. The molecule has 1 aromatic heterocycles. The van der Waals surface area contributed by atoms with Crippen molar-refractivity contribution in [3.05, 3.63) is 30.1 Å². The topological polar surface area (TPSA) is 26.2 Å². The largest absolute Gasteiger partial charge is 0.364 e. The van der Waals surface area contributed by atoms with E-state index in [1.54, 1.807) is 0 Å². The highest BCUT2D eigenvalue weighted by atomic mass is 16.5. The lowest BCUT2D eigenvalue weighted by Gasteiger charge is -2.16. The number of aromatic nitrogens is 1. The lowest BCUT2D eigenvalue weighted by Crippen LogP contribution is -2.36. The highest BCUT2D eigenvalue weighted by molar-refractivity contribution is 5.47. The first-order valence-electron chi connectivity index (χ1n) is 4.83. The zero-order valence-electron chi connectivity index (χ0n) is 8.66. The van der Waals surface area contributed by atoms with E-state index in [0.29, 0.717) is 6.73 Å². The van der Waals surface area contributed by atoms with Crippen LogP contribution in [0, 0.1) is 0 Å². The minimum Gasteiger partial charge on any atom is -0.364 e. The maximum Gasteiger partial charge on any atom is 0.0973 e. The molecule has 0 spiro atoms. The second-order valence-electron chi connectivity index (χ2n) is 3.96. The first kappa shape index (κ1) is 9.49. The van der Waals surface area contributed by atoms with Crippen molar-refractivity contribution in [1.29, 1.82) is 0 Å². The second kappa shape index (κ2) is 3.59. The molecule has 0 aliphatic carbocycles. The lowest BCUT2D eigenvalue weighted by molar-refractivity contribution is 0.185. The van der Waals surface area contributed by atoms with Crippen molar-refractivity contribution in [2.45, 2.75) is 12.5 Å². The Morgan fingerprint density at radius 2 is 2.50 bits per heavy atom. The first-order valence-corrected chi connectivity index (χ1v) is 4.83. The minimum absolute atomic E-state index is 0.00965. The van der Waals surface area contributed by atoms with Gasteiger partial charge in [0.2, 0.25) is 0 Å². The van der Waals surface area contributed by atoms with E-state index in [9.17, 15) is 0 Å². The van der Waals surface area contributed by atoms with Gasteiger partial charge in [-0.15, -0.1) is 0 Å². The van der Waals surface area contributed by atoms with Gasteiger partial charge >= 0.3 is 0 Å². The standard InChI is InChI=1S/C11H16N2O/c1-11(8-14-9-12-11)6-5-10-4-3-7-13(10)2/h3-7,12H,8-9H2,1-2H3/t11-/m1/s1. The van der Waals surface area contributed by atoms with Crippen LogP contribution in [0.4, 0.5) is 0 Å². The van der Waals surface area contributed by atoms with Gasteiger partial charge in [-0.3, -0.25) is 5.32 Å². The van der Waals surface area contributed by atoms with Crippen molar-refractivity contribution < 1.29 is 4.74 Å². The monoisotopic (exact) mass is 192 g/mol. The first-order chi connectivity index (χ1) is 6.70. The van der Waals surface area contributed by atoms with Crippen LogP contribution in [0.5, 0.6) is 0 Å². The molecule has 1 saturated heterocycles. The minimum atomic E-state index is -0.00965. The van der Waals surface area contributed by atoms with E-state index in [2.05, 4.69) is 35.0 Å². The van der Waals surface area contributed by atoms with Crippen LogP contribution >= 0.6 is 0 Å². The SMILES string of the molecule is Cn1cccc1C=C[C@]1(C)COCN1.